The van der Waals surface area contributed by atoms with Gasteiger partial charge in [0.1, 0.15) is 11.4 Å². The number of hydrogen-bond donors (Lipinski definition) is 3. The van der Waals surface area contributed by atoms with Crippen molar-refractivity contribution in [2.24, 2.45) is 0 Å². The maximum absolute atomic E-state index is 11.3. The van der Waals surface area contributed by atoms with Crippen LogP contribution < -0.4 is 5.32 Å². The van der Waals surface area contributed by atoms with E-state index in [1.807, 2.05) is 18.2 Å². The molecular formula is C23H25NO4. The van der Waals surface area contributed by atoms with E-state index in [-0.39, 0.29) is 11.8 Å². The first-order valence-electron chi connectivity index (χ1n) is 9.70. The summed E-state index contributed by atoms with van der Waals surface area (Å²) in [6.07, 6.45) is 4.03. The molecule has 5 nitrogen and oxygen atoms in total. The van der Waals surface area contributed by atoms with Crippen LogP contribution in [0.25, 0.3) is 5.57 Å². The Bertz CT molecular complexity index is 908. The first kappa shape index (κ1) is 18.7. The zero-order valence-electron chi connectivity index (χ0n) is 15.9. The van der Waals surface area contributed by atoms with E-state index < -0.39 is 17.5 Å². The summed E-state index contributed by atoms with van der Waals surface area (Å²) in [6.45, 7) is 2.98. The van der Waals surface area contributed by atoms with E-state index in [4.69, 9.17) is 4.74 Å². The fraction of sp³-hybridized carbons (Fsp3) is 0.348. The summed E-state index contributed by atoms with van der Waals surface area (Å²) in [5.74, 6) is -1.37. The van der Waals surface area contributed by atoms with Crippen LogP contribution in [-0.2, 0) is 9.53 Å². The van der Waals surface area contributed by atoms with E-state index in [1.54, 1.807) is 25.1 Å². The second-order valence-electron chi connectivity index (χ2n) is 7.65. The molecule has 0 aromatic heterocycles. The number of carbonyl (C=O) groups is 1. The lowest BCUT2D eigenvalue weighted by Gasteiger charge is -2.40. The summed E-state index contributed by atoms with van der Waals surface area (Å²) in [6, 6.07) is 15.3. The molecule has 2 aromatic carbocycles. The lowest BCUT2D eigenvalue weighted by atomic mass is 9.81. The molecule has 0 bridgehead atoms. The smallest absolute Gasteiger partial charge is 0.310 e. The van der Waals surface area contributed by atoms with Crippen molar-refractivity contribution < 1.29 is 19.7 Å². The summed E-state index contributed by atoms with van der Waals surface area (Å²) < 4.78 is 6.34. The molecule has 2 heterocycles. The Labute approximate surface area is 164 Å². The van der Waals surface area contributed by atoms with Gasteiger partial charge in [-0.05, 0) is 61.2 Å². The van der Waals surface area contributed by atoms with E-state index in [9.17, 15) is 15.0 Å². The number of benzene rings is 2. The summed E-state index contributed by atoms with van der Waals surface area (Å²) in [4.78, 5) is 11.3. The largest absolute Gasteiger partial charge is 0.507 e. The van der Waals surface area contributed by atoms with Crippen LogP contribution in [-0.4, -0.2) is 34.9 Å². The number of ether oxygens (including phenoxy) is 1. The van der Waals surface area contributed by atoms with Crippen LogP contribution in [0.4, 0.5) is 0 Å². The molecule has 0 amide bonds. The van der Waals surface area contributed by atoms with Crippen LogP contribution in [0.2, 0.25) is 0 Å². The van der Waals surface area contributed by atoms with Gasteiger partial charge in [0.25, 0.3) is 0 Å². The number of hydrogen-bond acceptors (Lipinski definition) is 4. The average molecular weight is 379 g/mol. The van der Waals surface area contributed by atoms with E-state index in [0.717, 1.165) is 25.0 Å². The number of carboxylic acids is 1. The topological polar surface area (TPSA) is 78.8 Å². The molecule has 3 N–H and O–H groups in total. The summed E-state index contributed by atoms with van der Waals surface area (Å²) in [7, 11) is 0. The van der Waals surface area contributed by atoms with Crippen LogP contribution in [0.15, 0.2) is 54.6 Å². The van der Waals surface area contributed by atoms with Crippen LogP contribution in [0.1, 0.15) is 48.4 Å². The summed E-state index contributed by atoms with van der Waals surface area (Å²) in [5.41, 5.74) is 2.94. The van der Waals surface area contributed by atoms with Crippen molar-refractivity contribution in [1.29, 1.82) is 0 Å². The first-order chi connectivity index (χ1) is 13.5. The Kier molecular flexibility index (Phi) is 4.96. The van der Waals surface area contributed by atoms with Gasteiger partial charge in [0.15, 0.2) is 0 Å². The maximum atomic E-state index is 11.3. The van der Waals surface area contributed by atoms with Gasteiger partial charge in [-0.25, -0.2) is 0 Å². The monoisotopic (exact) mass is 379 g/mol. The molecule has 2 aliphatic rings. The van der Waals surface area contributed by atoms with Crippen molar-refractivity contribution >= 4 is 11.5 Å². The second-order valence-corrected chi connectivity index (χ2v) is 7.65. The Morgan fingerprint density at radius 1 is 1.25 bits per heavy atom. The molecule has 0 saturated carbocycles. The molecule has 28 heavy (non-hydrogen) atoms. The number of carboxylic acid groups (broad SMARTS) is 1. The Hall–Kier alpha value is -2.63. The SMILES string of the molecule is CC(C(=O)O)c1ccc(O)c(C2=CC3(CCCNC3c3ccccc3)OC2)c1. The standard InChI is InChI=1S/C23H25NO4/c1-15(22(26)27)17-8-9-20(25)19(12-17)18-13-23(28-14-18)10-5-11-24-21(23)16-6-3-2-4-7-16/h2-4,6-9,12-13,15,21,24-25H,5,10-11,14H2,1H3,(H,26,27). The predicted octanol–water partition coefficient (Wildman–Crippen LogP) is 3.86. The van der Waals surface area contributed by atoms with Crippen LogP contribution in [0, 0.1) is 0 Å². The lowest BCUT2D eigenvalue weighted by Crippen LogP contribution is -2.47. The molecule has 0 radical (unpaired) electrons. The molecular weight excluding hydrogens is 354 g/mol. The number of rotatable bonds is 4. The minimum Gasteiger partial charge on any atom is -0.507 e. The van der Waals surface area contributed by atoms with Crippen molar-refractivity contribution in [1.82, 2.24) is 5.32 Å². The third-order valence-corrected chi connectivity index (χ3v) is 5.87. The zero-order valence-corrected chi connectivity index (χ0v) is 15.9. The van der Waals surface area contributed by atoms with Gasteiger partial charge in [-0.15, -0.1) is 0 Å². The number of nitrogens with one attached hydrogen (secondary N) is 1. The third-order valence-electron chi connectivity index (χ3n) is 5.87. The number of aromatic hydroxyl groups is 1. The van der Waals surface area contributed by atoms with Crippen molar-refractivity contribution in [2.75, 3.05) is 13.2 Å². The number of piperidine rings is 1. The minimum atomic E-state index is -0.884. The molecule has 4 rings (SSSR count). The lowest BCUT2D eigenvalue weighted by molar-refractivity contribution is -0.138. The van der Waals surface area contributed by atoms with E-state index in [0.29, 0.717) is 17.7 Å². The van der Waals surface area contributed by atoms with Crippen molar-refractivity contribution in [3.63, 3.8) is 0 Å². The fourth-order valence-electron chi connectivity index (χ4n) is 4.25. The van der Waals surface area contributed by atoms with Crippen molar-refractivity contribution in [3.05, 3.63) is 71.3 Å². The van der Waals surface area contributed by atoms with Crippen molar-refractivity contribution in [2.45, 2.75) is 37.3 Å². The van der Waals surface area contributed by atoms with Crippen LogP contribution >= 0.6 is 0 Å². The van der Waals surface area contributed by atoms with Crippen LogP contribution in [0.5, 0.6) is 5.75 Å². The Balaban J connectivity index is 1.72. The molecule has 146 valence electrons. The molecule has 0 aliphatic carbocycles. The quantitative estimate of drug-likeness (QED) is 0.752. The molecule has 3 unspecified atom stereocenters. The third kappa shape index (κ3) is 3.32. The van der Waals surface area contributed by atoms with Gasteiger partial charge in [0.05, 0.1) is 18.6 Å². The van der Waals surface area contributed by atoms with Gasteiger partial charge >= 0.3 is 5.97 Å². The summed E-state index contributed by atoms with van der Waals surface area (Å²) in [5, 5.41) is 23.3. The number of aliphatic carboxylic acids is 1. The number of phenols is 1. The average Bonchev–Trinajstić information content (AvgIpc) is 3.12. The van der Waals surface area contributed by atoms with Crippen molar-refractivity contribution in [3.8, 4) is 5.75 Å². The highest BCUT2D eigenvalue weighted by atomic mass is 16.5. The maximum Gasteiger partial charge on any atom is 0.310 e. The highest BCUT2D eigenvalue weighted by molar-refractivity contribution is 5.78. The molecule has 1 fully saturated rings. The van der Waals surface area contributed by atoms with E-state index in [2.05, 4.69) is 23.5 Å². The molecule has 2 aliphatic heterocycles. The van der Waals surface area contributed by atoms with Crippen LogP contribution in [0.3, 0.4) is 0 Å². The predicted molar refractivity (Wildman–Crippen MR) is 107 cm³/mol. The molecule has 2 aromatic rings. The molecule has 3 atom stereocenters. The van der Waals surface area contributed by atoms with Gasteiger partial charge in [-0.3, -0.25) is 4.79 Å². The normalized spacial score (nSPS) is 25.5. The fourth-order valence-corrected chi connectivity index (χ4v) is 4.25. The minimum absolute atomic E-state index is 0.0446. The highest BCUT2D eigenvalue weighted by Gasteiger charge is 2.44. The molecule has 1 saturated heterocycles. The van der Waals surface area contributed by atoms with E-state index >= 15 is 0 Å². The van der Waals surface area contributed by atoms with Gasteiger partial charge in [-0.1, -0.05) is 36.4 Å². The Morgan fingerprint density at radius 2 is 2.04 bits per heavy atom. The number of phenolic OH excluding ortho intramolecular Hbond substituents is 1. The summed E-state index contributed by atoms with van der Waals surface area (Å²) >= 11 is 0. The van der Waals surface area contributed by atoms with Gasteiger partial charge in [0, 0.05) is 5.56 Å². The highest BCUT2D eigenvalue weighted by Crippen LogP contribution is 2.45. The first-order valence-corrected chi connectivity index (χ1v) is 9.70. The van der Waals surface area contributed by atoms with Gasteiger partial charge < -0.3 is 20.3 Å². The van der Waals surface area contributed by atoms with Gasteiger partial charge in [-0.2, -0.15) is 0 Å². The zero-order chi connectivity index (χ0) is 19.7. The molecule has 1 spiro atoms. The Morgan fingerprint density at radius 3 is 2.79 bits per heavy atom. The van der Waals surface area contributed by atoms with E-state index in [1.165, 1.54) is 5.56 Å². The second kappa shape index (κ2) is 7.41. The van der Waals surface area contributed by atoms with Gasteiger partial charge in [0.2, 0.25) is 0 Å². The molecule has 5 heteroatoms.